The molecule has 1 aromatic heterocycles. The number of fused-ring (bicyclic) bond motifs is 1. The number of azo groups is 1. The topological polar surface area (TPSA) is 187 Å². The van der Waals surface area contributed by atoms with Crippen LogP contribution in [-0.2, 0) is 43.2 Å². The number of benzene rings is 2. The van der Waals surface area contributed by atoms with Gasteiger partial charge in [-0.15, -0.1) is 16.0 Å². The first-order valence-electron chi connectivity index (χ1n) is 16.0. The molecule has 4 rings (SSSR count). The minimum absolute atomic E-state index is 0.0701. The van der Waals surface area contributed by atoms with E-state index in [1.54, 1.807) is 6.08 Å². The van der Waals surface area contributed by atoms with Gasteiger partial charge in [-0.05, 0) is 80.0 Å². The maximum absolute atomic E-state index is 12.7. The molecule has 0 radical (unpaired) electrons. The maximum Gasteiger partial charge on any atom is 0.347 e. The molecule has 0 saturated heterocycles. The number of carboxylic acids is 1. The fourth-order valence-corrected chi connectivity index (χ4v) is 5.72. The lowest BCUT2D eigenvalue weighted by Crippen LogP contribution is -2.52. The van der Waals surface area contributed by atoms with E-state index in [9.17, 15) is 24.3 Å². The molecule has 1 heterocycles. The number of nitrogens with one attached hydrogen (secondary N) is 2. The first kappa shape index (κ1) is 37.9. The third-order valence-corrected chi connectivity index (χ3v) is 8.32. The standard InChI is InChI=1S/C35H39N5O9S/c1-3-10-27-25-12-9-13-28(41)26(25)17-18-29(27)47-20-8-4-5-15-32(42)38-33(35(44)45)39-34(43)24-16-19-31(36-21-24)40-37-22-23-11-6-7-14-30(23)50-49-48-46-2/h3,6-7,11,14,16-19,21,33H,1,4-5,8-10,12-13,15,20,22H2,2H3,(H,38,42)(H,39,43)(H,44,45)/t33-/m0/s1. The van der Waals surface area contributed by atoms with Crippen molar-refractivity contribution in [1.29, 1.82) is 0 Å². The van der Waals surface area contributed by atoms with Gasteiger partial charge in [0.25, 0.3) is 5.91 Å². The van der Waals surface area contributed by atoms with Crippen LogP contribution >= 0.6 is 12.0 Å². The SMILES string of the molecule is C=CCc1c(OCCCCCC(=O)N[C@@H](NC(=O)c2ccc(N=NCc3ccccc3SOOOC)nc2)C(=O)O)ccc2c1CCCC2=O. The van der Waals surface area contributed by atoms with Crippen molar-refractivity contribution in [3.05, 3.63) is 95.2 Å². The fraction of sp³-hybridized carbons (Fsp3) is 0.343. The number of ether oxygens (including phenoxy) is 1. The van der Waals surface area contributed by atoms with Crippen molar-refractivity contribution in [1.82, 2.24) is 15.6 Å². The Bertz CT molecular complexity index is 1680. The molecule has 3 N–H and O–H groups in total. The average molecular weight is 706 g/mol. The summed E-state index contributed by atoms with van der Waals surface area (Å²) in [4.78, 5) is 58.5. The summed E-state index contributed by atoms with van der Waals surface area (Å²) in [6, 6.07) is 13.9. The Labute approximate surface area is 293 Å². The number of rotatable bonds is 20. The number of carbonyl (C=O) groups excluding carboxylic acids is 3. The zero-order valence-electron chi connectivity index (χ0n) is 27.6. The summed E-state index contributed by atoms with van der Waals surface area (Å²) < 4.78 is 10.9. The lowest BCUT2D eigenvalue weighted by atomic mass is 9.86. The second-order valence-corrected chi connectivity index (χ2v) is 11.9. The van der Waals surface area contributed by atoms with E-state index in [0.29, 0.717) is 38.7 Å². The molecule has 1 aliphatic rings. The van der Waals surface area contributed by atoms with E-state index in [1.165, 1.54) is 25.4 Å². The van der Waals surface area contributed by atoms with Crippen LogP contribution in [0.4, 0.5) is 5.82 Å². The van der Waals surface area contributed by atoms with Gasteiger partial charge in [0.2, 0.25) is 12.1 Å². The van der Waals surface area contributed by atoms with Crippen LogP contribution in [0.25, 0.3) is 0 Å². The van der Waals surface area contributed by atoms with Crippen LogP contribution in [0, 0.1) is 0 Å². The van der Waals surface area contributed by atoms with Crippen LogP contribution in [0.3, 0.4) is 0 Å². The first-order valence-corrected chi connectivity index (χ1v) is 16.7. The van der Waals surface area contributed by atoms with E-state index in [1.807, 2.05) is 36.4 Å². The number of aliphatic carboxylic acids is 1. The highest BCUT2D eigenvalue weighted by atomic mass is 32.2. The molecule has 264 valence electrons. The molecule has 0 saturated carbocycles. The molecular weight excluding hydrogens is 666 g/mol. The molecule has 1 atom stereocenters. The largest absolute Gasteiger partial charge is 0.493 e. The summed E-state index contributed by atoms with van der Waals surface area (Å²) in [6.07, 6.45) is 6.14. The van der Waals surface area contributed by atoms with Crippen LogP contribution in [-0.4, -0.2) is 53.5 Å². The van der Waals surface area contributed by atoms with E-state index in [-0.39, 0.29) is 30.1 Å². The van der Waals surface area contributed by atoms with E-state index < -0.39 is 23.9 Å². The van der Waals surface area contributed by atoms with Crippen molar-refractivity contribution in [3.63, 3.8) is 0 Å². The third kappa shape index (κ3) is 11.3. The van der Waals surface area contributed by atoms with Crippen molar-refractivity contribution in [2.75, 3.05) is 13.7 Å². The quantitative estimate of drug-likeness (QED) is 0.0237. The van der Waals surface area contributed by atoms with Gasteiger partial charge in [-0.2, -0.15) is 5.11 Å². The second kappa shape index (κ2) is 19.9. The van der Waals surface area contributed by atoms with E-state index >= 15 is 0 Å². The Kier molecular flexibility index (Phi) is 15.1. The molecule has 15 heteroatoms. The van der Waals surface area contributed by atoms with Crippen LogP contribution < -0.4 is 15.4 Å². The number of carbonyl (C=O) groups is 4. The summed E-state index contributed by atoms with van der Waals surface area (Å²) in [5.41, 5.74) is 3.69. The smallest absolute Gasteiger partial charge is 0.347 e. The fourth-order valence-electron chi connectivity index (χ4n) is 5.19. The lowest BCUT2D eigenvalue weighted by Gasteiger charge is -2.21. The number of hydrogen-bond acceptors (Lipinski definition) is 12. The van der Waals surface area contributed by atoms with Crippen molar-refractivity contribution >= 4 is 41.4 Å². The van der Waals surface area contributed by atoms with E-state index in [4.69, 9.17) is 9.07 Å². The van der Waals surface area contributed by atoms with Gasteiger partial charge in [-0.25, -0.2) is 14.7 Å². The first-order chi connectivity index (χ1) is 24.3. The average Bonchev–Trinajstić information content (AvgIpc) is 3.11. The van der Waals surface area contributed by atoms with Gasteiger partial charge in [0, 0.05) is 35.1 Å². The number of unbranched alkanes of at least 4 members (excludes halogenated alkanes) is 2. The molecule has 14 nitrogen and oxygen atoms in total. The number of allylic oxidation sites excluding steroid dienone is 1. The molecule has 50 heavy (non-hydrogen) atoms. The van der Waals surface area contributed by atoms with E-state index in [0.717, 1.165) is 57.8 Å². The molecule has 2 amide bonds. The van der Waals surface area contributed by atoms with Gasteiger partial charge in [-0.3, -0.25) is 14.4 Å². The number of carboxylic acid groups (broad SMARTS) is 1. The molecular formula is C35H39N5O9S. The molecule has 0 aliphatic heterocycles. The minimum atomic E-state index is -1.63. The molecule has 0 unspecified atom stereocenters. The summed E-state index contributed by atoms with van der Waals surface area (Å²) in [5.74, 6) is -1.54. The van der Waals surface area contributed by atoms with Gasteiger partial charge < -0.3 is 20.5 Å². The zero-order valence-corrected chi connectivity index (χ0v) is 28.4. The molecule has 1 aliphatic carbocycles. The zero-order chi connectivity index (χ0) is 35.7. The molecule has 0 fully saturated rings. The second-order valence-electron chi connectivity index (χ2n) is 11.1. The van der Waals surface area contributed by atoms with E-state index in [2.05, 4.69) is 42.4 Å². The van der Waals surface area contributed by atoms with Crippen molar-refractivity contribution < 1.29 is 43.3 Å². The van der Waals surface area contributed by atoms with Crippen molar-refractivity contribution in [3.8, 4) is 5.75 Å². The predicted molar refractivity (Wildman–Crippen MR) is 183 cm³/mol. The summed E-state index contributed by atoms with van der Waals surface area (Å²) >= 11 is 0.952. The van der Waals surface area contributed by atoms with Crippen LogP contribution in [0.15, 0.2) is 82.5 Å². The number of ketones is 1. The van der Waals surface area contributed by atoms with Gasteiger partial charge in [0.1, 0.15) is 5.75 Å². The van der Waals surface area contributed by atoms with Gasteiger partial charge in [0.15, 0.2) is 11.6 Å². The minimum Gasteiger partial charge on any atom is -0.493 e. The Balaban J connectivity index is 1.19. The number of aromatic nitrogens is 1. The Morgan fingerprint density at radius 2 is 1.92 bits per heavy atom. The Morgan fingerprint density at radius 1 is 1.08 bits per heavy atom. The monoisotopic (exact) mass is 705 g/mol. The van der Waals surface area contributed by atoms with Crippen LogP contribution in [0.5, 0.6) is 5.75 Å². The Morgan fingerprint density at radius 3 is 2.68 bits per heavy atom. The maximum atomic E-state index is 12.7. The summed E-state index contributed by atoms with van der Waals surface area (Å²) in [6.45, 7) is 4.48. The van der Waals surface area contributed by atoms with Crippen molar-refractivity contribution in [2.45, 2.75) is 69.0 Å². The lowest BCUT2D eigenvalue weighted by molar-refractivity contribution is -0.447. The number of nitrogens with zero attached hydrogens (tertiary/aromatic N) is 3. The third-order valence-electron chi connectivity index (χ3n) is 7.62. The number of pyridine rings is 1. The highest BCUT2D eigenvalue weighted by Crippen LogP contribution is 2.32. The molecule has 2 aromatic carbocycles. The normalized spacial score (nSPS) is 13.0. The Hall–Kier alpha value is -4.96. The predicted octanol–water partition coefficient (Wildman–Crippen LogP) is 6.03. The summed E-state index contributed by atoms with van der Waals surface area (Å²) in [7, 11) is 1.32. The van der Waals surface area contributed by atoms with Gasteiger partial charge in [0.05, 0.1) is 37.9 Å². The van der Waals surface area contributed by atoms with Gasteiger partial charge in [-0.1, -0.05) is 29.3 Å². The number of Topliss-reactive ketones (excluding diaryl/α,β-unsaturated/α-hetero) is 1. The summed E-state index contributed by atoms with van der Waals surface area (Å²) in [5, 5.41) is 26.9. The molecule has 0 spiro atoms. The molecule has 3 aromatic rings. The van der Waals surface area contributed by atoms with Crippen molar-refractivity contribution in [2.24, 2.45) is 10.2 Å². The number of hydrogen-bond donors (Lipinski definition) is 3. The highest BCUT2D eigenvalue weighted by Gasteiger charge is 2.24. The number of amides is 2. The van der Waals surface area contributed by atoms with Crippen LogP contribution in [0.2, 0.25) is 0 Å². The molecule has 0 bridgehead atoms. The highest BCUT2D eigenvalue weighted by molar-refractivity contribution is 7.94. The van der Waals surface area contributed by atoms with Gasteiger partial charge >= 0.3 is 5.97 Å². The van der Waals surface area contributed by atoms with Crippen LogP contribution in [0.1, 0.15) is 75.9 Å².